The van der Waals surface area contributed by atoms with Gasteiger partial charge in [0, 0.05) is 39.9 Å². The first-order valence-corrected chi connectivity index (χ1v) is 10.5. The van der Waals surface area contributed by atoms with Gasteiger partial charge in [0.15, 0.2) is 5.43 Å². The fourth-order valence-electron chi connectivity index (χ4n) is 3.70. The molecule has 2 aliphatic rings. The maximum atomic E-state index is 12.3. The van der Waals surface area contributed by atoms with Crippen LogP contribution in [0.15, 0.2) is 63.8 Å². The molecule has 0 saturated heterocycles. The van der Waals surface area contributed by atoms with Gasteiger partial charge in [-0.25, -0.2) is 4.79 Å². The number of carboxylic acids is 1. The predicted molar refractivity (Wildman–Crippen MR) is 129 cm³/mol. The lowest BCUT2D eigenvalue weighted by Crippen LogP contribution is -2.20. The molecule has 2 N–H and O–H groups in total. The van der Waals surface area contributed by atoms with Gasteiger partial charge in [-0.2, -0.15) is 0 Å². The van der Waals surface area contributed by atoms with Gasteiger partial charge in [-0.15, -0.1) is 0 Å². The summed E-state index contributed by atoms with van der Waals surface area (Å²) in [5, 5.41) is 20.6. The number of aromatic hydroxyl groups is 1. The minimum absolute atomic E-state index is 0.00864. The maximum Gasteiger partial charge on any atom is 0.336 e. The van der Waals surface area contributed by atoms with Gasteiger partial charge in [0.25, 0.3) is 0 Å². The first kappa shape index (κ1) is 21.7. The van der Waals surface area contributed by atoms with Crippen LogP contribution in [-0.2, 0) is 6.42 Å². The zero-order valence-electron chi connectivity index (χ0n) is 17.9. The molecule has 162 valence electrons. The van der Waals surface area contributed by atoms with Crippen LogP contribution in [0.2, 0.25) is 0 Å². The van der Waals surface area contributed by atoms with Crippen molar-refractivity contribution in [1.29, 1.82) is 0 Å². The third-order valence-electron chi connectivity index (χ3n) is 5.46. The lowest BCUT2D eigenvalue weighted by Gasteiger charge is -2.21. The minimum Gasteiger partial charge on any atom is -0.508 e. The topological polar surface area (TPSA) is 87.7 Å². The van der Waals surface area contributed by atoms with Crippen LogP contribution in [-0.4, -0.2) is 21.0 Å². The monoisotopic (exact) mass is 446 g/mol. The molecule has 5 nitrogen and oxygen atoms in total. The van der Waals surface area contributed by atoms with Crippen molar-refractivity contribution in [2.45, 2.75) is 27.2 Å². The molecule has 0 fully saturated rings. The standard InChI is InChI=1S/C26H22O5S/c1-26(2,3)23(32)11-14-4-7-17(20(10-14)25(29)30)24-18-8-5-15(27)12-21(18)31-22-13-16(28)6-9-19(22)24/h4-10,12-13,27H,11H2,1-3H3,(H,29,30). The van der Waals surface area contributed by atoms with Crippen molar-refractivity contribution in [1.82, 2.24) is 0 Å². The predicted octanol–water partition coefficient (Wildman–Crippen LogP) is 5.93. The molecule has 2 aromatic rings. The van der Waals surface area contributed by atoms with Crippen LogP contribution in [0, 0.1) is 5.41 Å². The van der Waals surface area contributed by atoms with E-state index in [2.05, 4.69) is 0 Å². The Morgan fingerprint density at radius 1 is 1.00 bits per heavy atom. The number of benzene rings is 3. The Balaban J connectivity index is 2.00. The number of phenols is 1. The summed E-state index contributed by atoms with van der Waals surface area (Å²) >= 11 is 5.55. The number of fused-ring (bicyclic) bond motifs is 2. The van der Waals surface area contributed by atoms with E-state index >= 15 is 0 Å². The molecule has 0 amide bonds. The Labute approximate surface area is 190 Å². The molecule has 0 radical (unpaired) electrons. The normalized spacial score (nSPS) is 11.7. The van der Waals surface area contributed by atoms with Gasteiger partial charge in [0.2, 0.25) is 0 Å². The molecule has 1 aliphatic carbocycles. The Morgan fingerprint density at radius 2 is 1.72 bits per heavy atom. The van der Waals surface area contributed by atoms with Crippen LogP contribution in [0.5, 0.6) is 5.75 Å². The van der Waals surface area contributed by atoms with Gasteiger partial charge in [-0.1, -0.05) is 45.1 Å². The number of hydrogen-bond acceptors (Lipinski definition) is 5. The molecule has 6 heteroatoms. The van der Waals surface area contributed by atoms with E-state index in [0.29, 0.717) is 39.8 Å². The Kier molecular flexibility index (Phi) is 5.34. The Bertz CT molecular complexity index is 1410. The second-order valence-corrected chi connectivity index (χ2v) is 9.34. The summed E-state index contributed by atoms with van der Waals surface area (Å²) in [6, 6.07) is 14.4. The largest absolute Gasteiger partial charge is 0.508 e. The second-order valence-electron chi connectivity index (χ2n) is 8.85. The van der Waals surface area contributed by atoms with E-state index < -0.39 is 5.97 Å². The van der Waals surface area contributed by atoms with Crippen LogP contribution in [0.25, 0.3) is 33.4 Å². The lowest BCUT2D eigenvalue weighted by atomic mass is 9.86. The summed E-state index contributed by atoms with van der Waals surface area (Å²) in [6.07, 6.45) is 0.498. The summed E-state index contributed by atoms with van der Waals surface area (Å²) in [4.78, 5) is 25.0. The SMILES string of the molecule is CC(C)(C)C(=S)Cc1ccc(-c2c3ccc(=O)cc-3oc3cc(O)ccc23)c(C(=O)O)c1. The molecule has 32 heavy (non-hydrogen) atoms. The van der Waals surface area contributed by atoms with Crippen LogP contribution < -0.4 is 5.43 Å². The van der Waals surface area contributed by atoms with Gasteiger partial charge in [0.1, 0.15) is 17.1 Å². The highest BCUT2D eigenvalue weighted by molar-refractivity contribution is 7.80. The van der Waals surface area contributed by atoms with Gasteiger partial charge in [0.05, 0.1) is 5.56 Å². The van der Waals surface area contributed by atoms with E-state index in [1.165, 1.54) is 24.3 Å². The smallest absolute Gasteiger partial charge is 0.336 e. The molecule has 1 heterocycles. The van der Waals surface area contributed by atoms with Crippen LogP contribution in [0.3, 0.4) is 0 Å². The quantitative estimate of drug-likeness (QED) is 0.299. The summed E-state index contributed by atoms with van der Waals surface area (Å²) in [5.74, 6) is -0.737. The number of thiocarbonyl (C=S) groups is 1. The molecule has 0 unspecified atom stereocenters. The summed E-state index contributed by atoms with van der Waals surface area (Å²) in [6.45, 7) is 6.10. The highest BCUT2D eigenvalue weighted by Gasteiger charge is 2.23. The fraction of sp³-hybridized carbons (Fsp3) is 0.192. The van der Waals surface area contributed by atoms with E-state index in [0.717, 1.165) is 10.4 Å². The van der Waals surface area contributed by atoms with Crippen molar-refractivity contribution in [2.75, 3.05) is 0 Å². The molecule has 0 spiro atoms. The molecule has 4 rings (SSSR count). The first-order valence-electron chi connectivity index (χ1n) is 10.1. The molecule has 0 bridgehead atoms. The highest BCUT2D eigenvalue weighted by atomic mass is 32.1. The van der Waals surface area contributed by atoms with Gasteiger partial charge >= 0.3 is 5.97 Å². The zero-order chi connectivity index (χ0) is 23.2. The highest BCUT2D eigenvalue weighted by Crippen LogP contribution is 2.42. The molecule has 0 atom stereocenters. The number of phenolic OH excluding ortho intramolecular Hbond substituents is 1. The van der Waals surface area contributed by atoms with Crippen molar-refractivity contribution in [2.24, 2.45) is 5.41 Å². The average Bonchev–Trinajstić information content (AvgIpc) is 2.71. The van der Waals surface area contributed by atoms with Crippen molar-refractivity contribution >= 4 is 34.0 Å². The van der Waals surface area contributed by atoms with Crippen molar-refractivity contribution < 1.29 is 19.4 Å². The number of hydrogen-bond donors (Lipinski definition) is 2. The molecular weight excluding hydrogens is 424 g/mol. The molecule has 0 aromatic heterocycles. The van der Waals surface area contributed by atoms with E-state index in [4.69, 9.17) is 16.6 Å². The van der Waals surface area contributed by atoms with Crippen LogP contribution >= 0.6 is 12.2 Å². The van der Waals surface area contributed by atoms with Crippen molar-refractivity contribution in [3.05, 3.63) is 75.9 Å². The van der Waals surface area contributed by atoms with E-state index in [1.807, 2.05) is 26.8 Å². The van der Waals surface area contributed by atoms with E-state index in [-0.39, 0.29) is 22.2 Å². The maximum absolute atomic E-state index is 12.3. The summed E-state index contributed by atoms with van der Waals surface area (Å²) in [7, 11) is 0. The van der Waals surface area contributed by atoms with E-state index in [9.17, 15) is 19.8 Å². The third kappa shape index (κ3) is 4.01. The lowest BCUT2D eigenvalue weighted by molar-refractivity contribution is 0.0697. The average molecular weight is 447 g/mol. The third-order valence-corrected chi connectivity index (χ3v) is 6.22. The number of carbonyl (C=O) groups is 1. The van der Waals surface area contributed by atoms with Crippen LogP contribution in [0.1, 0.15) is 36.7 Å². The summed E-state index contributed by atoms with van der Waals surface area (Å²) in [5.41, 5.74) is 2.66. The Morgan fingerprint density at radius 3 is 2.41 bits per heavy atom. The molecule has 0 saturated carbocycles. The van der Waals surface area contributed by atoms with Gasteiger partial charge in [-0.3, -0.25) is 4.79 Å². The fourth-order valence-corrected chi connectivity index (χ4v) is 3.86. The number of carboxylic acid groups (broad SMARTS) is 1. The number of rotatable bonds is 4. The van der Waals surface area contributed by atoms with E-state index in [1.54, 1.807) is 24.3 Å². The Hall–Kier alpha value is -3.51. The molecular formula is C26H22O5S. The minimum atomic E-state index is -1.06. The molecule has 2 aromatic carbocycles. The van der Waals surface area contributed by atoms with Crippen molar-refractivity contribution in [3.63, 3.8) is 0 Å². The number of aromatic carboxylic acids is 1. The van der Waals surface area contributed by atoms with Crippen LogP contribution in [0.4, 0.5) is 0 Å². The van der Waals surface area contributed by atoms with Gasteiger partial charge < -0.3 is 14.6 Å². The summed E-state index contributed by atoms with van der Waals surface area (Å²) < 4.78 is 5.86. The van der Waals surface area contributed by atoms with Crippen molar-refractivity contribution in [3.8, 4) is 28.2 Å². The first-order chi connectivity index (χ1) is 15.0. The van der Waals surface area contributed by atoms with Gasteiger partial charge in [-0.05, 0) is 46.9 Å². The second kappa shape index (κ2) is 7.88. The molecule has 1 aliphatic heterocycles. The zero-order valence-corrected chi connectivity index (χ0v) is 18.7.